The van der Waals surface area contributed by atoms with E-state index >= 15 is 0 Å². The van der Waals surface area contributed by atoms with Crippen molar-refractivity contribution in [3.05, 3.63) is 28.2 Å². The normalized spacial score (nSPS) is 13.1. The van der Waals surface area contributed by atoms with Crippen LogP contribution in [0.4, 0.5) is 0 Å². The molecule has 1 unspecified atom stereocenters. The summed E-state index contributed by atoms with van der Waals surface area (Å²) in [5, 5.41) is 0. The Morgan fingerprint density at radius 3 is 2.50 bits per heavy atom. The molecule has 0 radical (unpaired) electrons. The molecule has 0 saturated heterocycles. The van der Waals surface area contributed by atoms with Crippen LogP contribution < -0.4 is 5.73 Å². The monoisotopic (exact) mass is 301 g/mol. The first-order chi connectivity index (χ1) is 7.50. The molecule has 0 aliphatic heterocycles. The summed E-state index contributed by atoms with van der Waals surface area (Å²) in [6.07, 6.45) is 1.26. The highest BCUT2D eigenvalue weighted by atomic mass is 79.9. The first-order valence-electron chi connectivity index (χ1n) is 5.68. The SMILES string of the molecule is CC(C)CCSc1ccc(C(C)N)cc1Br. The second-order valence-corrected chi connectivity index (χ2v) is 6.50. The summed E-state index contributed by atoms with van der Waals surface area (Å²) >= 11 is 5.51. The number of halogens is 1. The van der Waals surface area contributed by atoms with E-state index < -0.39 is 0 Å². The number of hydrogen-bond acceptors (Lipinski definition) is 2. The molecule has 0 aliphatic rings. The number of benzene rings is 1. The van der Waals surface area contributed by atoms with Gasteiger partial charge < -0.3 is 5.73 Å². The molecule has 1 aromatic rings. The maximum absolute atomic E-state index is 5.84. The molecule has 0 saturated carbocycles. The highest BCUT2D eigenvalue weighted by Crippen LogP contribution is 2.30. The second kappa shape index (κ2) is 6.67. The number of nitrogens with two attached hydrogens (primary N) is 1. The van der Waals surface area contributed by atoms with Gasteiger partial charge in [0.2, 0.25) is 0 Å². The Hall–Kier alpha value is 0.01000. The van der Waals surface area contributed by atoms with Crippen molar-refractivity contribution in [1.82, 2.24) is 0 Å². The van der Waals surface area contributed by atoms with Crippen LogP contribution in [0.2, 0.25) is 0 Å². The zero-order valence-corrected chi connectivity index (χ0v) is 12.6. The van der Waals surface area contributed by atoms with Crippen LogP contribution >= 0.6 is 27.7 Å². The molecule has 0 amide bonds. The minimum atomic E-state index is 0.103. The zero-order valence-electron chi connectivity index (χ0n) is 10.2. The lowest BCUT2D eigenvalue weighted by atomic mass is 10.1. The average Bonchev–Trinajstić information content (AvgIpc) is 2.19. The van der Waals surface area contributed by atoms with Crippen molar-refractivity contribution in [3.63, 3.8) is 0 Å². The predicted octanol–water partition coefficient (Wildman–Crippen LogP) is 4.61. The van der Waals surface area contributed by atoms with Crippen molar-refractivity contribution in [1.29, 1.82) is 0 Å². The van der Waals surface area contributed by atoms with Gasteiger partial charge in [0.15, 0.2) is 0 Å². The molecule has 0 spiro atoms. The summed E-state index contributed by atoms with van der Waals surface area (Å²) in [5.74, 6) is 1.95. The fourth-order valence-electron chi connectivity index (χ4n) is 1.32. The minimum absolute atomic E-state index is 0.103. The van der Waals surface area contributed by atoms with Gasteiger partial charge in [-0.25, -0.2) is 0 Å². The van der Waals surface area contributed by atoms with Gasteiger partial charge in [-0.2, -0.15) is 0 Å². The largest absolute Gasteiger partial charge is 0.324 e. The lowest BCUT2D eigenvalue weighted by Crippen LogP contribution is -2.04. The van der Waals surface area contributed by atoms with E-state index in [0.29, 0.717) is 0 Å². The van der Waals surface area contributed by atoms with Gasteiger partial charge in [0.1, 0.15) is 0 Å². The van der Waals surface area contributed by atoms with Crippen LogP contribution in [-0.4, -0.2) is 5.75 Å². The summed E-state index contributed by atoms with van der Waals surface area (Å²) in [6.45, 7) is 6.52. The lowest BCUT2D eigenvalue weighted by molar-refractivity contribution is 0.632. The minimum Gasteiger partial charge on any atom is -0.324 e. The number of hydrogen-bond donors (Lipinski definition) is 1. The molecular weight excluding hydrogens is 282 g/mol. The van der Waals surface area contributed by atoms with Crippen LogP contribution in [0, 0.1) is 5.92 Å². The van der Waals surface area contributed by atoms with Gasteiger partial charge in [0, 0.05) is 15.4 Å². The predicted molar refractivity (Wildman–Crippen MR) is 76.9 cm³/mol. The van der Waals surface area contributed by atoms with E-state index in [-0.39, 0.29) is 6.04 Å². The third-order valence-corrected chi connectivity index (χ3v) is 4.46. The molecular formula is C13H20BrNS. The second-order valence-electron chi connectivity index (χ2n) is 4.51. The Bertz CT molecular complexity index is 337. The molecule has 2 N–H and O–H groups in total. The number of thioether (sulfide) groups is 1. The van der Waals surface area contributed by atoms with Crippen molar-refractivity contribution in [2.75, 3.05) is 5.75 Å². The standard InChI is InChI=1S/C13H20BrNS/c1-9(2)6-7-16-13-5-4-11(10(3)15)8-12(13)14/h4-5,8-10H,6-7,15H2,1-3H3. The Balaban J connectivity index is 2.61. The van der Waals surface area contributed by atoms with Gasteiger partial charge in [0.05, 0.1) is 0 Å². The van der Waals surface area contributed by atoms with Crippen LogP contribution in [0.5, 0.6) is 0 Å². The van der Waals surface area contributed by atoms with Gasteiger partial charge in [-0.3, -0.25) is 0 Å². The Morgan fingerprint density at radius 2 is 2.00 bits per heavy atom. The maximum atomic E-state index is 5.84. The van der Waals surface area contributed by atoms with Crippen LogP contribution in [0.3, 0.4) is 0 Å². The molecule has 16 heavy (non-hydrogen) atoms. The first-order valence-corrected chi connectivity index (χ1v) is 7.46. The van der Waals surface area contributed by atoms with Gasteiger partial charge in [-0.05, 0) is 58.6 Å². The number of rotatable bonds is 5. The van der Waals surface area contributed by atoms with E-state index in [1.165, 1.54) is 22.6 Å². The topological polar surface area (TPSA) is 26.0 Å². The Kier molecular flexibility index (Phi) is 5.87. The fraction of sp³-hybridized carbons (Fsp3) is 0.538. The molecule has 0 aliphatic carbocycles. The van der Waals surface area contributed by atoms with E-state index in [9.17, 15) is 0 Å². The van der Waals surface area contributed by atoms with Gasteiger partial charge in [0.25, 0.3) is 0 Å². The highest BCUT2D eigenvalue weighted by Gasteiger charge is 2.05. The molecule has 1 aromatic carbocycles. The Morgan fingerprint density at radius 1 is 1.31 bits per heavy atom. The van der Waals surface area contributed by atoms with E-state index in [1.807, 2.05) is 18.7 Å². The molecule has 0 fully saturated rings. The zero-order chi connectivity index (χ0) is 12.1. The molecule has 0 bridgehead atoms. The molecule has 90 valence electrons. The fourth-order valence-corrected chi connectivity index (χ4v) is 3.23. The van der Waals surface area contributed by atoms with E-state index in [0.717, 1.165) is 10.4 Å². The Labute approximate surface area is 111 Å². The summed E-state index contributed by atoms with van der Waals surface area (Å²) < 4.78 is 1.16. The van der Waals surface area contributed by atoms with E-state index in [2.05, 4.69) is 48.0 Å². The molecule has 3 heteroatoms. The van der Waals surface area contributed by atoms with E-state index in [4.69, 9.17) is 5.73 Å². The van der Waals surface area contributed by atoms with Crippen molar-refractivity contribution in [3.8, 4) is 0 Å². The van der Waals surface area contributed by atoms with Crippen molar-refractivity contribution in [2.45, 2.75) is 38.1 Å². The van der Waals surface area contributed by atoms with Gasteiger partial charge in [-0.1, -0.05) is 19.9 Å². The van der Waals surface area contributed by atoms with Crippen LogP contribution in [0.1, 0.15) is 38.8 Å². The molecule has 0 aromatic heterocycles. The van der Waals surface area contributed by atoms with Crippen LogP contribution in [0.15, 0.2) is 27.6 Å². The summed E-state index contributed by atoms with van der Waals surface area (Å²) in [4.78, 5) is 1.31. The molecule has 0 heterocycles. The van der Waals surface area contributed by atoms with E-state index in [1.54, 1.807) is 0 Å². The van der Waals surface area contributed by atoms with Crippen LogP contribution in [0.25, 0.3) is 0 Å². The van der Waals surface area contributed by atoms with Gasteiger partial charge >= 0.3 is 0 Å². The molecule has 1 rings (SSSR count). The van der Waals surface area contributed by atoms with Crippen molar-refractivity contribution in [2.24, 2.45) is 11.7 Å². The van der Waals surface area contributed by atoms with Gasteiger partial charge in [-0.15, -0.1) is 11.8 Å². The third kappa shape index (κ3) is 4.48. The first kappa shape index (κ1) is 14.1. The highest BCUT2D eigenvalue weighted by molar-refractivity contribution is 9.10. The lowest BCUT2D eigenvalue weighted by Gasteiger charge is -2.10. The maximum Gasteiger partial charge on any atom is 0.0314 e. The van der Waals surface area contributed by atoms with Crippen molar-refractivity contribution < 1.29 is 0 Å². The third-order valence-electron chi connectivity index (χ3n) is 2.43. The van der Waals surface area contributed by atoms with Crippen LogP contribution in [-0.2, 0) is 0 Å². The smallest absolute Gasteiger partial charge is 0.0314 e. The quantitative estimate of drug-likeness (QED) is 0.804. The summed E-state index contributed by atoms with van der Waals surface area (Å²) in [6, 6.07) is 6.51. The summed E-state index contributed by atoms with van der Waals surface area (Å²) in [5.41, 5.74) is 7.03. The molecule has 1 atom stereocenters. The molecule has 1 nitrogen and oxygen atoms in total. The summed E-state index contributed by atoms with van der Waals surface area (Å²) in [7, 11) is 0. The average molecular weight is 302 g/mol. The van der Waals surface area contributed by atoms with Crippen molar-refractivity contribution >= 4 is 27.7 Å².